The summed E-state index contributed by atoms with van der Waals surface area (Å²) in [6.45, 7) is 10.1. The molecule has 0 radical (unpaired) electrons. The van der Waals surface area contributed by atoms with Crippen molar-refractivity contribution in [3.8, 4) is 34.5 Å². The van der Waals surface area contributed by atoms with E-state index in [1.54, 1.807) is 53.5 Å². The molecule has 1 amide bonds. The molecule has 2 heterocycles. The van der Waals surface area contributed by atoms with Crippen LogP contribution in [0.25, 0.3) is 6.08 Å². The first-order chi connectivity index (χ1) is 34.8. The van der Waals surface area contributed by atoms with Gasteiger partial charge in [0.25, 0.3) is 5.69 Å². The normalized spacial score (nSPS) is 22.3. The molecule has 4 aromatic rings. The first kappa shape index (κ1) is 51.3. The first-order valence-electron chi connectivity index (χ1n) is 24.5. The van der Waals surface area contributed by atoms with Gasteiger partial charge in [-0.25, -0.2) is 0 Å². The molecule has 72 heavy (non-hydrogen) atoms. The SMILES string of the molecule is C=CCOC12Oc3ccc(Oc4ccc(OC)c(C=O)c4)cc3C3C(CCCCO)C(CCCCO)C=C(C(=NOC(C)(C)C)CC1N(Cc1ccc4c(c1)OCO4)C(=O)C=Cc1ccc([N+](=O)[O-])cc1)C32. The molecule has 6 atom stereocenters. The number of aliphatic hydroxyl groups is 2. The van der Waals surface area contributed by atoms with Crippen LogP contribution in [-0.4, -0.2) is 89.1 Å². The predicted octanol–water partition coefficient (Wildman–Crippen LogP) is 10.1. The van der Waals surface area contributed by atoms with Crippen molar-refractivity contribution < 1.29 is 58.0 Å². The van der Waals surface area contributed by atoms with Gasteiger partial charge >= 0.3 is 0 Å². The summed E-state index contributed by atoms with van der Waals surface area (Å²) in [4.78, 5) is 46.5. The zero-order chi connectivity index (χ0) is 51.0. The highest BCUT2D eigenvalue weighted by Crippen LogP contribution is 2.62. The highest BCUT2D eigenvalue weighted by molar-refractivity contribution is 6.03. The van der Waals surface area contributed by atoms with E-state index in [0.717, 1.165) is 36.0 Å². The third-order valence-corrected chi connectivity index (χ3v) is 13.6. The van der Waals surface area contributed by atoms with Crippen LogP contribution < -0.4 is 23.7 Å². The molecule has 0 saturated heterocycles. The molecular weight excluding hydrogens is 923 g/mol. The molecule has 0 bridgehead atoms. The van der Waals surface area contributed by atoms with Crippen LogP contribution in [0.3, 0.4) is 0 Å². The number of nitrogens with zero attached hydrogens (tertiary/aromatic N) is 3. The number of hydrogen-bond donors (Lipinski definition) is 2. The lowest BCUT2D eigenvalue weighted by atomic mass is 9.55. The van der Waals surface area contributed by atoms with Crippen molar-refractivity contribution in [1.29, 1.82) is 0 Å². The number of carbonyl (C=O) groups excluding carboxylic acids is 2. The van der Waals surface area contributed by atoms with Crippen molar-refractivity contribution in [2.45, 2.75) is 95.6 Å². The number of amides is 1. The average Bonchev–Trinajstić information content (AvgIpc) is 3.85. The Bertz CT molecular complexity index is 2710. The van der Waals surface area contributed by atoms with Crippen LogP contribution in [0.4, 0.5) is 5.69 Å². The number of aldehydes is 1. The molecule has 0 aromatic heterocycles. The molecular formula is C56H63N3O13. The van der Waals surface area contributed by atoms with Crippen LogP contribution in [0, 0.1) is 27.9 Å². The highest BCUT2D eigenvalue weighted by Gasteiger charge is 2.65. The Balaban J connectivity index is 1.35. The van der Waals surface area contributed by atoms with Crippen molar-refractivity contribution in [2.75, 3.05) is 33.7 Å². The minimum absolute atomic E-state index is 0.0248. The topological polar surface area (TPSA) is 198 Å². The summed E-state index contributed by atoms with van der Waals surface area (Å²) >= 11 is 0. The zero-order valence-electron chi connectivity index (χ0n) is 41.2. The summed E-state index contributed by atoms with van der Waals surface area (Å²) in [5.74, 6) is -0.0880. The minimum Gasteiger partial charge on any atom is -0.496 e. The average molecular weight is 986 g/mol. The fourth-order valence-corrected chi connectivity index (χ4v) is 10.5. The van der Waals surface area contributed by atoms with Gasteiger partial charge in [-0.3, -0.25) is 19.7 Å². The third-order valence-electron chi connectivity index (χ3n) is 13.6. The van der Waals surface area contributed by atoms with Gasteiger partial charge in [-0.1, -0.05) is 36.2 Å². The van der Waals surface area contributed by atoms with Crippen LogP contribution in [0.2, 0.25) is 0 Å². The Morgan fingerprint density at radius 2 is 1.67 bits per heavy atom. The Morgan fingerprint density at radius 3 is 2.38 bits per heavy atom. The van der Waals surface area contributed by atoms with Gasteiger partial charge in [-0.2, -0.15) is 0 Å². The van der Waals surface area contributed by atoms with Crippen LogP contribution in [0.15, 0.2) is 114 Å². The second kappa shape index (κ2) is 22.6. The Kier molecular flexibility index (Phi) is 16.1. The summed E-state index contributed by atoms with van der Waals surface area (Å²) < 4.78 is 38.0. The van der Waals surface area contributed by atoms with Gasteiger partial charge < -0.3 is 48.4 Å². The predicted molar refractivity (Wildman–Crippen MR) is 269 cm³/mol. The van der Waals surface area contributed by atoms with Crippen molar-refractivity contribution in [2.24, 2.45) is 22.9 Å². The summed E-state index contributed by atoms with van der Waals surface area (Å²) in [6.07, 6.45) is 12.0. The van der Waals surface area contributed by atoms with Gasteiger partial charge in [0.1, 0.15) is 34.6 Å². The molecule has 2 aliphatic heterocycles. The monoisotopic (exact) mass is 985 g/mol. The Hall–Kier alpha value is -7.01. The van der Waals surface area contributed by atoms with Crippen LogP contribution in [0.5, 0.6) is 34.5 Å². The second-order valence-corrected chi connectivity index (χ2v) is 19.4. The van der Waals surface area contributed by atoms with Crippen molar-refractivity contribution in [1.82, 2.24) is 4.90 Å². The number of benzene rings is 4. The molecule has 2 N–H and O–H groups in total. The molecule has 1 fully saturated rings. The molecule has 2 aliphatic carbocycles. The number of hydrogen-bond acceptors (Lipinski definition) is 14. The number of nitro groups is 1. The summed E-state index contributed by atoms with van der Waals surface area (Å²) in [5.41, 5.74) is 3.19. The fraction of sp³-hybridized carbons (Fsp3) is 0.411. The molecule has 4 aliphatic rings. The maximum Gasteiger partial charge on any atom is 0.269 e. The minimum atomic E-state index is -1.59. The van der Waals surface area contributed by atoms with Gasteiger partial charge in [0.15, 0.2) is 17.8 Å². The molecule has 1 saturated carbocycles. The Labute approximate surface area is 419 Å². The quantitative estimate of drug-likeness (QED) is 0.0189. The molecule has 6 unspecified atom stereocenters. The first-order valence-corrected chi connectivity index (χ1v) is 24.5. The van der Waals surface area contributed by atoms with E-state index in [2.05, 4.69) is 12.7 Å². The van der Waals surface area contributed by atoms with Gasteiger partial charge in [0.05, 0.1) is 35.8 Å². The maximum atomic E-state index is 15.3. The van der Waals surface area contributed by atoms with E-state index in [1.165, 1.54) is 25.3 Å². The number of oxime groups is 1. The molecule has 0 spiro atoms. The van der Waals surface area contributed by atoms with Gasteiger partial charge in [0.2, 0.25) is 18.5 Å². The fourth-order valence-electron chi connectivity index (χ4n) is 10.5. The number of rotatable bonds is 22. The molecule has 8 rings (SSSR count). The van der Waals surface area contributed by atoms with E-state index in [1.807, 2.05) is 51.1 Å². The van der Waals surface area contributed by atoms with E-state index in [9.17, 15) is 25.1 Å². The number of non-ortho nitro benzene ring substituents is 1. The largest absolute Gasteiger partial charge is 0.496 e. The second-order valence-electron chi connectivity index (χ2n) is 19.4. The molecule has 380 valence electrons. The zero-order valence-corrected chi connectivity index (χ0v) is 41.2. The number of nitro benzene ring substituents is 1. The lowest BCUT2D eigenvalue weighted by Gasteiger charge is -2.60. The number of fused-ring (bicyclic) bond motifs is 3. The molecule has 16 nitrogen and oxygen atoms in total. The van der Waals surface area contributed by atoms with E-state index >= 15 is 4.79 Å². The van der Waals surface area contributed by atoms with E-state index in [4.69, 9.17) is 38.4 Å². The summed E-state index contributed by atoms with van der Waals surface area (Å²) in [5, 5.41) is 36.6. The van der Waals surface area contributed by atoms with E-state index < -0.39 is 34.2 Å². The number of aliphatic hydroxyl groups excluding tert-OH is 2. The standard InChI is InChI=1S/C56H63N3O13/c1-6-27-69-56-51(58(33-37-15-21-49-50(28-37)68-35-67-49)52(63)24-16-36-13-17-40(18-14-36)59(64)65)32-46(57-72-55(2,3)4)44-30-38(11-7-9-25-60)43(12-8-10-26-61)53(54(44)56)45-31-42(20-23-48(45)71-56)70-41-19-22-47(66-5)39(29-41)34-62/h6,13-24,28-31,34,38,43,51,53-54,60-61H,1,7-12,25-27,32-33,35H2,2-5H3. The lowest BCUT2D eigenvalue weighted by Crippen LogP contribution is -2.70. The lowest BCUT2D eigenvalue weighted by molar-refractivity contribution is -0.384. The smallest absolute Gasteiger partial charge is 0.269 e. The van der Waals surface area contributed by atoms with Gasteiger partial charge in [-0.15, -0.1) is 6.58 Å². The molecule has 4 aromatic carbocycles. The van der Waals surface area contributed by atoms with Crippen LogP contribution >= 0.6 is 0 Å². The molecule has 16 heteroatoms. The number of allylic oxidation sites excluding steroid dienone is 1. The van der Waals surface area contributed by atoms with Crippen molar-refractivity contribution in [3.05, 3.63) is 142 Å². The summed E-state index contributed by atoms with van der Waals surface area (Å²) in [7, 11) is 1.50. The van der Waals surface area contributed by atoms with E-state index in [-0.39, 0.29) is 63.0 Å². The van der Waals surface area contributed by atoms with E-state index in [0.29, 0.717) is 76.9 Å². The number of methoxy groups -OCH3 is 1. The maximum absolute atomic E-state index is 15.3. The van der Waals surface area contributed by atoms with Gasteiger partial charge in [-0.05, 0) is 142 Å². The third kappa shape index (κ3) is 11.2. The summed E-state index contributed by atoms with van der Waals surface area (Å²) in [6, 6.07) is 21.3. The van der Waals surface area contributed by atoms with Gasteiger partial charge in [0, 0.05) is 55.9 Å². The highest BCUT2D eigenvalue weighted by atomic mass is 16.7. The number of ether oxygens (including phenoxy) is 6. The van der Waals surface area contributed by atoms with Crippen molar-refractivity contribution in [3.63, 3.8) is 0 Å². The van der Waals surface area contributed by atoms with Crippen LogP contribution in [-0.2, 0) is 20.9 Å². The Morgan fingerprint density at radius 1 is 0.944 bits per heavy atom. The van der Waals surface area contributed by atoms with Crippen LogP contribution in [0.1, 0.15) is 98.7 Å². The number of unbranched alkanes of at least 4 members (excludes halogenated alkanes) is 2. The number of carbonyl (C=O) groups is 2. The van der Waals surface area contributed by atoms with Crippen molar-refractivity contribution >= 4 is 29.7 Å².